The van der Waals surface area contributed by atoms with Crippen LogP contribution in [0, 0.1) is 0 Å². The van der Waals surface area contributed by atoms with Gasteiger partial charge in [0, 0.05) is 25.2 Å². The molecule has 11 heavy (non-hydrogen) atoms. The number of allylic oxidation sites excluding steroid dienone is 2. The number of nitrogens with one attached hydrogen (secondary N) is 1. The van der Waals surface area contributed by atoms with Gasteiger partial charge in [-0.05, 0) is 26.3 Å². The molecule has 0 atom stereocenters. The van der Waals surface area contributed by atoms with Gasteiger partial charge in [-0.15, -0.1) is 0 Å². The molecule has 0 rings (SSSR count). The van der Waals surface area contributed by atoms with E-state index in [0.29, 0.717) is 0 Å². The van der Waals surface area contributed by atoms with Gasteiger partial charge < -0.3 is 5.32 Å². The maximum Gasteiger partial charge on any atom is 0.0415 e. The third-order valence-corrected chi connectivity index (χ3v) is 1.35. The van der Waals surface area contributed by atoms with Crippen molar-refractivity contribution < 1.29 is 0 Å². The smallest absolute Gasteiger partial charge is 0.0415 e. The zero-order valence-electron chi connectivity index (χ0n) is 7.68. The van der Waals surface area contributed by atoms with E-state index in [4.69, 9.17) is 0 Å². The molecule has 0 heterocycles. The molecule has 0 radical (unpaired) electrons. The summed E-state index contributed by atoms with van der Waals surface area (Å²) in [6.45, 7) is 5.97. The second-order valence-corrected chi connectivity index (χ2v) is 2.31. The number of aliphatic imine (C=N–C) groups is 1. The Hall–Kier alpha value is -1.05. The molecule has 0 aromatic heterocycles. The normalized spacial score (nSPS) is 14.2. The van der Waals surface area contributed by atoms with Crippen LogP contribution in [0.3, 0.4) is 0 Å². The third kappa shape index (κ3) is 4.37. The van der Waals surface area contributed by atoms with E-state index in [-0.39, 0.29) is 0 Å². The lowest BCUT2D eigenvalue weighted by atomic mass is 10.2. The van der Waals surface area contributed by atoms with Crippen LogP contribution in [0.1, 0.15) is 20.8 Å². The van der Waals surface area contributed by atoms with Gasteiger partial charge in [0.05, 0.1) is 0 Å². The summed E-state index contributed by atoms with van der Waals surface area (Å²) >= 11 is 0. The Bertz CT molecular complexity index is 188. The fraction of sp³-hybridized carbons (Fsp3) is 0.444. The van der Waals surface area contributed by atoms with Crippen molar-refractivity contribution in [3.8, 4) is 0 Å². The molecule has 0 amide bonds. The molecular formula is C9H16N2. The number of hydrogen-bond donors (Lipinski definition) is 1. The molecule has 0 aromatic carbocycles. The quantitative estimate of drug-likeness (QED) is 0.615. The minimum absolute atomic E-state index is 1.04. The highest BCUT2D eigenvalue weighted by atomic mass is 14.8. The Morgan fingerprint density at radius 1 is 1.36 bits per heavy atom. The third-order valence-electron chi connectivity index (χ3n) is 1.35. The Kier molecular flexibility index (Phi) is 5.17. The second kappa shape index (κ2) is 5.71. The first kappa shape index (κ1) is 9.95. The molecule has 0 spiro atoms. The van der Waals surface area contributed by atoms with E-state index in [1.54, 1.807) is 6.20 Å². The Morgan fingerprint density at radius 2 is 2.00 bits per heavy atom. The van der Waals surface area contributed by atoms with Gasteiger partial charge >= 0.3 is 0 Å². The number of rotatable bonds is 3. The van der Waals surface area contributed by atoms with Crippen molar-refractivity contribution in [3.63, 3.8) is 0 Å². The molecule has 0 aliphatic rings. The van der Waals surface area contributed by atoms with Gasteiger partial charge in [-0.3, -0.25) is 4.99 Å². The minimum Gasteiger partial charge on any atom is -0.394 e. The van der Waals surface area contributed by atoms with Crippen molar-refractivity contribution in [2.75, 3.05) is 7.05 Å². The molecule has 0 aliphatic carbocycles. The summed E-state index contributed by atoms with van der Waals surface area (Å²) in [5.74, 6) is 0. The summed E-state index contributed by atoms with van der Waals surface area (Å²) in [6, 6.07) is 0. The van der Waals surface area contributed by atoms with Crippen molar-refractivity contribution in [3.05, 3.63) is 24.0 Å². The summed E-state index contributed by atoms with van der Waals surface area (Å²) < 4.78 is 0. The van der Waals surface area contributed by atoms with Gasteiger partial charge in [0.1, 0.15) is 0 Å². The van der Waals surface area contributed by atoms with E-state index in [1.807, 2.05) is 40.1 Å². The zero-order valence-corrected chi connectivity index (χ0v) is 7.68. The maximum atomic E-state index is 4.19. The largest absolute Gasteiger partial charge is 0.394 e. The minimum atomic E-state index is 1.04. The Labute approximate surface area is 68.7 Å². The van der Waals surface area contributed by atoms with Crippen LogP contribution < -0.4 is 5.32 Å². The Morgan fingerprint density at radius 3 is 2.45 bits per heavy atom. The molecule has 0 saturated heterocycles. The molecule has 0 unspecified atom stereocenters. The summed E-state index contributed by atoms with van der Waals surface area (Å²) in [5, 5.41) is 2.96. The van der Waals surface area contributed by atoms with Crippen LogP contribution in [0.25, 0.3) is 0 Å². The first-order chi connectivity index (χ1) is 5.22. The second-order valence-electron chi connectivity index (χ2n) is 2.31. The maximum absolute atomic E-state index is 4.19. The first-order valence-corrected chi connectivity index (χ1v) is 3.72. The van der Waals surface area contributed by atoms with Gasteiger partial charge in [0.15, 0.2) is 0 Å². The van der Waals surface area contributed by atoms with Crippen molar-refractivity contribution in [2.45, 2.75) is 20.8 Å². The highest BCUT2D eigenvalue weighted by molar-refractivity contribution is 5.97. The van der Waals surface area contributed by atoms with Crippen LogP contribution in [-0.2, 0) is 0 Å². The van der Waals surface area contributed by atoms with E-state index in [0.717, 1.165) is 11.3 Å². The van der Waals surface area contributed by atoms with Crippen LogP contribution in [0.4, 0.5) is 0 Å². The average molecular weight is 152 g/mol. The van der Waals surface area contributed by atoms with E-state index >= 15 is 0 Å². The summed E-state index contributed by atoms with van der Waals surface area (Å²) in [4.78, 5) is 4.19. The highest BCUT2D eigenvalue weighted by Crippen LogP contribution is 1.94. The van der Waals surface area contributed by atoms with Crippen molar-refractivity contribution >= 4 is 5.71 Å². The zero-order chi connectivity index (χ0) is 8.69. The van der Waals surface area contributed by atoms with Crippen LogP contribution in [-0.4, -0.2) is 12.8 Å². The van der Waals surface area contributed by atoms with Crippen LogP contribution in [0.15, 0.2) is 29.0 Å². The molecule has 0 aliphatic heterocycles. The van der Waals surface area contributed by atoms with Gasteiger partial charge in [-0.2, -0.15) is 0 Å². The van der Waals surface area contributed by atoms with Crippen molar-refractivity contribution in [2.24, 2.45) is 4.99 Å². The standard InChI is InChI=1S/C9H16N2/c1-5-6-11-9(3)8(2)7-10-4/h5-7,10H,1-4H3/b6-5+,8-7-,11-9-. The van der Waals surface area contributed by atoms with Gasteiger partial charge in [-0.25, -0.2) is 0 Å². The number of hydrogen-bond acceptors (Lipinski definition) is 2. The van der Waals surface area contributed by atoms with E-state index in [9.17, 15) is 0 Å². The summed E-state index contributed by atoms with van der Waals surface area (Å²) in [6.07, 6.45) is 5.64. The molecule has 2 heteroatoms. The molecule has 1 N–H and O–H groups in total. The first-order valence-electron chi connectivity index (χ1n) is 3.72. The SMILES string of the molecule is C/C=C/N=C(C)\C(C)=C/NC. The van der Waals surface area contributed by atoms with Crippen molar-refractivity contribution in [1.29, 1.82) is 0 Å². The molecule has 2 nitrogen and oxygen atoms in total. The fourth-order valence-electron chi connectivity index (χ4n) is 0.609. The summed E-state index contributed by atoms with van der Waals surface area (Å²) in [7, 11) is 1.88. The monoisotopic (exact) mass is 152 g/mol. The lowest BCUT2D eigenvalue weighted by molar-refractivity contribution is 1.09. The highest BCUT2D eigenvalue weighted by Gasteiger charge is 1.90. The van der Waals surface area contributed by atoms with E-state index in [1.165, 1.54) is 0 Å². The van der Waals surface area contributed by atoms with Crippen molar-refractivity contribution in [1.82, 2.24) is 5.32 Å². The van der Waals surface area contributed by atoms with Gasteiger partial charge in [0.2, 0.25) is 0 Å². The average Bonchev–Trinajstić information content (AvgIpc) is 2.00. The molecule has 0 fully saturated rings. The summed E-state index contributed by atoms with van der Waals surface area (Å²) in [5.41, 5.74) is 2.20. The Balaban J connectivity index is 4.22. The van der Waals surface area contributed by atoms with Crippen LogP contribution in [0.2, 0.25) is 0 Å². The van der Waals surface area contributed by atoms with Crippen LogP contribution >= 0.6 is 0 Å². The van der Waals surface area contributed by atoms with Gasteiger partial charge in [-0.1, -0.05) is 6.08 Å². The molecule has 0 aromatic rings. The lowest BCUT2D eigenvalue weighted by Crippen LogP contribution is -2.00. The predicted molar refractivity (Wildman–Crippen MR) is 50.7 cm³/mol. The lowest BCUT2D eigenvalue weighted by Gasteiger charge is -1.97. The van der Waals surface area contributed by atoms with Crippen LogP contribution in [0.5, 0.6) is 0 Å². The topological polar surface area (TPSA) is 24.4 Å². The van der Waals surface area contributed by atoms with Gasteiger partial charge in [0.25, 0.3) is 0 Å². The molecule has 0 saturated carbocycles. The molecule has 0 bridgehead atoms. The molecule has 62 valence electrons. The number of nitrogens with zero attached hydrogens (tertiary/aromatic N) is 1. The molecular weight excluding hydrogens is 136 g/mol. The predicted octanol–water partition coefficient (Wildman–Crippen LogP) is 2.10. The van der Waals surface area contributed by atoms with E-state index < -0.39 is 0 Å². The fourth-order valence-corrected chi connectivity index (χ4v) is 0.609. The van der Waals surface area contributed by atoms with E-state index in [2.05, 4.69) is 10.3 Å².